The zero-order valence-electron chi connectivity index (χ0n) is 18.0. The summed E-state index contributed by atoms with van der Waals surface area (Å²) in [6.07, 6.45) is 0.798. The third-order valence-electron chi connectivity index (χ3n) is 6.01. The smallest absolute Gasteiger partial charge is 0.315 e. The van der Waals surface area contributed by atoms with Crippen LogP contribution in [-0.2, 0) is 14.3 Å². The van der Waals surface area contributed by atoms with Crippen LogP contribution in [0.5, 0.6) is 0 Å². The number of hydrogen-bond donors (Lipinski definition) is 0. The van der Waals surface area contributed by atoms with Crippen LogP contribution in [0.15, 0.2) is 70.9 Å². The number of Topliss-reactive ketones (excluding diaryl/α,β-unsaturated/α-hetero) is 1. The number of ether oxygens (including phenoxy) is 1. The second-order valence-electron chi connectivity index (χ2n) is 8.52. The maximum Gasteiger partial charge on any atom is 0.315 e. The Balaban J connectivity index is 1.82. The van der Waals surface area contributed by atoms with Crippen molar-refractivity contribution >= 4 is 29.1 Å². The van der Waals surface area contributed by atoms with Gasteiger partial charge in [0.15, 0.2) is 5.78 Å². The molecule has 1 heterocycles. The lowest BCUT2D eigenvalue weighted by atomic mass is 9.69. The first-order valence-corrected chi connectivity index (χ1v) is 11.1. The number of hydrogen-bond acceptors (Lipinski definition) is 4. The van der Waals surface area contributed by atoms with Crippen molar-refractivity contribution in [2.24, 2.45) is 10.9 Å². The molecule has 31 heavy (non-hydrogen) atoms. The minimum Gasteiger partial charge on any atom is -0.462 e. The van der Waals surface area contributed by atoms with Gasteiger partial charge >= 0.3 is 5.97 Å². The fourth-order valence-corrected chi connectivity index (χ4v) is 4.95. The molecule has 0 spiro atoms. The molecule has 2 aromatic carbocycles. The van der Waals surface area contributed by atoms with Crippen molar-refractivity contribution in [3.8, 4) is 0 Å². The van der Waals surface area contributed by atoms with E-state index >= 15 is 0 Å². The summed E-state index contributed by atoms with van der Waals surface area (Å²) in [7, 11) is 0. The molecule has 0 N–H and O–H groups in total. The molecule has 160 valence electrons. The third kappa shape index (κ3) is 4.22. The summed E-state index contributed by atoms with van der Waals surface area (Å²) in [5.41, 5.74) is 3.93. The Bertz CT molecular complexity index is 1070. The molecule has 0 bridgehead atoms. The average molecular weight is 436 g/mol. The Morgan fingerprint density at radius 1 is 1.06 bits per heavy atom. The quantitative estimate of drug-likeness (QED) is 0.564. The molecule has 4 nitrogen and oxygen atoms in total. The molecular formula is C26H26ClNO3. The first kappa shape index (κ1) is 21.5. The maximum atomic E-state index is 13.5. The summed E-state index contributed by atoms with van der Waals surface area (Å²) in [4.78, 5) is 31.4. The monoisotopic (exact) mass is 435 g/mol. The van der Waals surface area contributed by atoms with E-state index in [1.54, 1.807) is 6.07 Å². The number of nitrogens with zero attached hydrogens (tertiary/aromatic N) is 1. The van der Waals surface area contributed by atoms with Crippen LogP contribution in [0, 0.1) is 5.92 Å². The van der Waals surface area contributed by atoms with Crippen molar-refractivity contribution in [2.75, 3.05) is 0 Å². The summed E-state index contributed by atoms with van der Waals surface area (Å²) in [5, 5.41) is 0.536. The average Bonchev–Trinajstić information content (AvgIpc) is 2.73. The highest BCUT2D eigenvalue weighted by Gasteiger charge is 2.45. The zero-order valence-corrected chi connectivity index (χ0v) is 18.7. The van der Waals surface area contributed by atoms with Gasteiger partial charge in [-0.3, -0.25) is 14.6 Å². The van der Waals surface area contributed by atoms with Gasteiger partial charge in [0.05, 0.1) is 6.10 Å². The molecule has 2 aliphatic rings. The SMILES string of the molecule is CC1=NC2=C(C(=O)C[C@@H](c3ccccc3)C2)[C@@H](c2ccccc2Cl)C1C(=O)OC(C)C. The number of carbonyl (C=O) groups excluding carboxylic acids is 2. The first-order valence-electron chi connectivity index (χ1n) is 10.7. The topological polar surface area (TPSA) is 55.7 Å². The van der Waals surface area contributed by atoms with Crippen molar-refractivity contribution in [3.05, 3.63) is 82.0 Å². The molecule has 2 aromatic rings. The minimum absolute atomic E-state index is 0.0265. The van der Waals surface area contributed by atoms with E-state index < -0.39 is 11.8 Å². The van der Waals surface area contributed by atoms with Crippen molar-refractivity contribution in [1.82, 2.24) is 0 Å². The van der Waals surface area contributed by atoms with E-state index in [-0.39, 0.29) is 23.8 Å². The Hall–Kier alpha value is -2.72. The van der Waals surface area contributed by atoms with Crippen LogP contribution in [0.3, 0.4) is 0 Å². The zero-order chi connectivity index (χ0) is 22.1. The second kappa shape index (κ2) is 8.80. The van der Waals surface area contributed by atoms with Gasteiger partial charge in [-0.1, -0.05) is 60.1 Å². The van der Waals surface area contributed by atoms with Gasteiger partial charge in [-0.2, -0.15) is 0 Å². The van der Waals surface area contributed by atoms with Gasteiger partial charge < -0.3 is 4.74 Å². The molecule has 1 unspecified atom stereocenters. The minimum atomic E-state index is -0.668. The van der Waals surface area contributed by atoms with Crippen LogP contribution in [-0.4, -0.2) is 23.6 Å². The van der Waals surface area contributed by atoms with E-state index in [1.807, 2.05) is 57.2 Å². The molecule has 0 saturated carbocycles. The van der Waals surface area contributed by atoms with E-state index in [9.17, 15) is 9.59 Å². The highest BCUT2D eigenvalue weighted by atomic mass is 35.5. The van der Waals surface area contributed by atoms with Gasteiger partial charge in [0.1, 0.15) is 5.92 Å². The van der Waals surface area contributed by atoms with Gasteiger partial charge in [-0.15, -0.1) is 0 Å². The molecule has 3 atom stereocenters. The summed E-state index contributed by atoms with van der Waals surface area (Å²) < 4.78 is 5.56. The number of aliphatic imine (C=N–C) groups is 1. The standard InChI is InChI=1S/C26H26ClNO3/c1-15(2)31-26(30)23-16(3)28-21-13-18(17-9-5-4-6-10-17)14-22(29)25(21)24(23)19-11-7-8-12-20(19)27/h4-12,15,18,23-24H,13-14H2,1-3H3/t18-,23?,24-/m0/s1. The number of esters is 1. The molecule has 1 aliphatic carbocycles. The van der Waals surface area contributed by atoms with E-state index in [0.29, 0.717) is 29.1 Å². The Morgan fingerprint density at radius 3 is 2.42 bits per heavy atom. The van der Waals surface area contributed by atoms with Crippen LogP contribution in [0.25, 0.3) is 0 Å². The van der Waals surface area contributed by atoms with Gasteiger partial charge in [-0.05, 0) is 50.3 Å². The van der Waals surface area contributed by atoms with Crippen LogP contribution in [0.4, 0.5) is 0 Å². The van der Waals surface area contributed by atoms with Crippen LogP contribution < -0.4 is 0 Å². The van der Waals surface area contributed by atoms with Gasteiger partial charge in [-0.25, -0.2) is 0 Å². The molecule has 0 radical (unpaired) electrons. The number of benzene rings is 2. The predicted octanol–water partition coefficient (Wildman–Crippen LogP) is 5.87. The molecule has 0 amide bonds. The molecule has 0 fully saturated rings. The number of allylic oxidation sites excluding steroid dienone is 2. The van der Waals surface area contributed by atoms with Crippen LogP contribution in [0.1, 0.15) is 56.6 Å². The summed E-state index contributed by atoms with van der Waals surface area (Å²) >= 11 is 6.56. The van der Waals surface area contributed by atoms with E-state index in [1.165, 1.54) is 0 Å². The number of carbonyl (C=O) groups is 2. The van der Waals surface area contributed by atoms with Gasteiger partial charge in [0.2, 0.25) is 0 Å². The summed E-state index contributed by atoms with van der Waals surface area (Å²) in [6.45, 7) is 5.48. The van der Waals surface area contributed by atoms with Crippen molar-refractivity contribution in [2.45, 2.75) is 51.6 Å². The lowest BCUT2D eigenvalue weighted by Crippen LogP contribution is -2.38. The Kier molecular flexibility index (Phi) is 6.10. The largest absolute Gasteiger partial charge is 0.462 e. The third-order valence-corrected chi connectivity index (χ3v) is 6.35. The second-order valence-corrected chi connectivity index (χ2v) is 8.92. The van der Waals surface area contributed by atoms with Gasteiger partial charge in [0.25, 0.3) is 0 Å². The van der Waals surface area contributed by atoms with Gasteiger partial charge in [0, 0.05) is 34.3 Å². The molecular weight excluding hydrogens is 410 g/mol. The lowest BCUT2D eigenvalue weighted by molar-refractivity contribution is -0.150. The summed E-state index contributed by atoms with van der Waals surface area (Å²) in [5.74, 6) is -1.42. The fraction of sp³-hybridized carbons (Fsp3) is 0.346. The highest BCUT2D eigenvalue weighted by molar-refractivity contribution is 6.31. The Labute approximate surface area is 188 Å². The number of halogens is 1. The first-order chi connectivity index (χ1) is 14.9. The molecule has 1 aliphatic heterocycles. The van der Waals surface area contributed by atoms with Crippen molar-refractivity contribution in [1.29, 1.82) is 0 Å². The fourth-order valence-electron chi connectivity index (χ4n) is 4.69. The van der Waals surface area contributed by atoms with Crippen LogP contribution >= 0.6 is 11.6 Å². The number of rotatable bonds is 4. The van der Waals surface area contributed by atoms with Crippen LogP contribution in [0.2, 0.25) is 5.02 Å². The predicted molar refractivity (Wildman–Crippen MR) is 122 cm³/mol. The maximum absolute atomic E-state index is 13.5. The van der Waals surface area contributed by atoms with E-state index in [0.717, 1.165) is 16.8 Å². The molecule has 0 saturated heterocycles. The molecule has 5 heteroatoms. The lowest BCUT2D eigenvalue weighted by Gasteiger charge is -2.37. The molecule has 4 rings (SSSR count). The van der Waals surface area contributed by atoms with E-state index in [2.05, 4.69) is 12.1 Å². The van der Waals surface area contributed by atoms with Crippen molar-refractivity contribution < 1.29 is 14.3 Å². The van der Waals surface area contributed by atoms with E-state index in [4.69, 9.17) is 21.3 Å². The Morgan fingerprint density at radius 2 is 1.74 bits per heavy atom. The normalized spacial score (nSPS) is 23.5. The highest BCUT2D eigenvalue weighted by Crippen LogP contribution is 2.48. The number of ketones is 1. The molecule has 0 aromatic heterocycles. The van der Waals surface area contributed by atoms with Crippen molar-refractivity contribution in [3.63, 3.8) is 0 Å². The summed E-state index contributed by atoms with van der Waals surface area (Å²) in [6, 6.07) is 17.5.